The lowest BCUT2D eigenvalue weighted by molar-refractivity contribution is -0.125. The van der Waals surface area contributed by atoms with Crippen molar-refractivity contribution in [2.75, 3.05) is 31.6 Å². The van der Waals surface area contributed by atoms with Crippen molar-refractivity contribution in [3.05, 3.63) is 65.3 Å². The molecule has 0 aliphatic carbocycles. The molecule has 0 unspecified atom stereocenters. The highest BCUT2D eigenvalue weighted by atomic mass is 35.5. The minimum absolute atomic E-state index is 0.0370. The molecule has 176 valence electrons. The molecule has 0 bridgehead atoms. The van der Waals surface area contributed by atoms with Gasteiger partial charge >= 0.3 is 0 Å². The Labute approximate surface area is 207 Å². The van der Waals surface area contributed by atoms with Crippen LogP contribution in [0.15, 0.2) is 54.7 Å². The van der Waals surface area contributed by atoms with Crippen molar-refractivity contribution >= 4 is 38.9 Å². The molecule has 0 spiro atoms. The molecule has 1 aliphatic heterocycles. The lowest BCUT2D eigenvalue weighted by Crippen LogP contribution is -2.43. The highest BCUT2D eigenvalue weighted by Crippen LogP contribution is 2.30. The second kappa shape index (κ2) is 10.0. The molecule has 1 N–H and O–H groups in total. The van der Waals surface area contributed by atoms with Crippen molar-refractivity contribution < 1.29 is 9.53 Å². The molecule has 2 aromatic carbocycles. The third kappa shape index (κ3) is 5.03. The fourth-order valence-electron chi connectivity index (χ4n) is 4.21. The van der Waals surface area contributed by atoms with Crippen LogP contribution in [0.2, 0.25) is 5.02 Å². The molecular formula is C25H26ClN5O2S. The van der Waals surface area contributed by atoms with E-state index < -0.39 is 0 Å². The third-order valence-electron chi connectivity index (χ3n) is 6.11. The summed E-state index contributed by atoms with van der Waals surface area (Å²) in [5.41, 5.74) is 3.06. The van der Waals surface area contributed by atoms with Crippen LogP contribution in [0, 0.1) is 5.92 Å². The summed E-state index contributed by atoms with van der Waals surface area (Å²) < 4.78 is 7.06. The number of benzene rings is 2. The number of hydrogen-bond donors (Lipinski definition) is 1. The number of rotatable bonds is 7. The number of carbonyl (C=O) groups is 1. The maximum Gasteiger partial charge on any atom is 0.224 e. The Morgan fingerprint density at radius 1 is 1.21 bits per heavy atom. The van der Waals surface area contributed by atoms with E-state index in [1.165, 1.54) is 0 Å². The minimum atomic E-state index is -0.0370. The van der Waals surface area contributed by atoms with Crippen molar-refractivity contribution in [2.24, 2.45) is 5.92 Å². The van der Waals surface area contributed by atoms with Gasteiger partial charge in [-0.3, -0.25) is 4.79 Å². The van der Waals surface area contributed by atoms with Crippen LogP contribution in [-0.2, 0) is 11.2 Å². The van der Waals surface area contributed by atoms with E-state index in [1.807, 2.05) is 59.2 Å². The molecule has 7 nitrogen and oxygen atoms in total. The number of fused-ring (bicyclic) bond motifs is 1. The Balaban J connectivity index is 1.19. The minimum Gasteiger partial charge on any atom is -0.497 e. The monoisotopic (exact) mass is 495 g/mol. The molecule has 34 heavy (non-hydrogen) atoms. The van der Waals surface area contributed by atoms with Crippen LogP contribution in [0.3, 0.4) is 0 Å². The van der Waals surface area contributed by atoms with Crippen molar-refractivity contribution in [1.29, 1.82) is 0 Å². The Morgan fingerprint density at radius 3 is 2.74 bits per heavy atom. The molecule has 1 atom stereocenters. The zero-order valence-electron chi connectivity index (χ0n) is 18.9. The Hall–Kier alpha value is -3.10. The van der Waals surface area contributed by atoms with Crippen LogP contribution in [0.4, 0.5) is 5.13 Å². The molecule has 1 aliphatic rings. The summed E-state index contributed by atoms with van der Waals surface area (Å²) in [4.78, 5) is 20.6. The van der Waals surface area contributed by atoms with Crippen molar-refractivity contribution in [3.8, 4) is 17.0 Å². The van der Waals surface area contributed by atoms with Gasteiger partial charge in [0.05, 0.1) is 24.9 Å². The number of imidazole rings is 1. The van der Waals surface area contributed by atoms with Gasteiger partial charge in [0.1, 0.15) is 5.75 Å². The SMILES string of the molecule is COc1ccc(-c2cn3nc(N4CCC[C@@H](C(=O)NCCc5ccc(Cl)cc5)C4)sc3n2)cc1. The molecule has 5 rings (SSSR count). The van der Waals surface area contributed by atoms with Crippen molar-refractivity contribution in [3.63, 3.8) is 0 Å². The Bertz CT molecular complexity index is 1240. The van der Waals surface area contributed by atoms with Crippen LogP contribution < -0.4 is 15.0 Å². The van der Waals surface area contributed by atoms with Crippen LogP contribution in [0.1, 0.15) is 18.4 Å². The van der Waals surface area contributed by atoms with Gasteiger partial charge in [0.25, 0.3) is 0 Å². The first-order valence-corrected chi connectivity index (χ1v) is 12.6. The van der Waals surface area contributed by atoms with E-state index in [0.717, 1.165) is 63.5 Å². The topological polar surface area (TPSA) is 71.8 Å². The summed E-state index contributed by atoms with van der Waals surface area (Å²) in [6.07, 6.45) is 4.60. The van der Waals surface area contributed by atoms with Crippen LogP contribution in [0.5, 0.6) is 5.75 Å². The van der Waals surface area contributed by atoms with Crippen LogP contribution in [0.25, 0.3) is 16.2 Å². The number of ether oxygens (including phenoxy) is 1. The fraction of sp³-hybridized carbons (Fsp3) is 0.320. The maximum atomic E-state index is 12.8. The van der Waals surface area contributed by atoms with E-state index in [4.69, 9.17) is 26.4 Å². The number of amides is 1. The van der Waals surface area contributed by atoms with E-state index in [1.54, 1.807) is 18.4 Å². The average molecular weight is 496 g/mol. The standard InChI is InChI=1S/C25H26ClN5O2S/c1-33-21-10-6-18(7-11-21)22-16-31-24(28-22)34-25(29-31)30-14-2-3-19(15-30)23(32)27-13-12-17-4-8-20(26)9-5-17/h4-11,16,19H,2-3,12-15H2,1H3,(H,27,32)/t19-/m1/s1. The smallest absolute Gasteiger partial charge is 0.224 e. The second-order valence-corrected chi connectivity index (χ2v) is 9.79. The quantitative estimate of drug-likeness (QED) is 0.402. The zero-order chi connectivity index (χ0) is 23.5. The predicted molar refractivity (Wildman–Crippen MR) is 136 cm³/mol. The highest BCUT2D eigenvalue weighted by molar-refractivity contribution is 7.20. The van der Waals surface area contributed by atoms with E-state index in [2.05, 4.69) is 10.2 Å². The molecule has 1 amide bonds. The fourth-order valence-corrected chi connectivity index (χ4v) is 5.25. The number of piperidine rings is 1. The van der Waals surface area contributed by atoms with Gasteiger partial charge in [-0.25, -0.2) is 9.50 Å². The van der Waals surface area contributed by atoms with Gasteiger partial charge in [-0.15, -0.1) is 5.10 Å². The first-order chi connectivity index (χ1) is 16.6. The first-order valence-electron chi connectivity index (χ1n) is 11.4. The number of methoxy groups -OCH3 is 1. The van der Waals surface area contributed by atoms with Gasteiger partial charge in [0.15, 0.2) is 0 Å². The average Bonchev–Trinajstić information content (AvgIpc) is 3.45. The number of carbonyl (C=O) groups excluding carboxylic acids is 1. The van der Waals surface area contributed by atoms with Gasteiger partial charge in [0.2, 0.25) is 16.0 Å². The molecule has 0 radical (unpaired) electrons. The Morgan fingerprint density at radius 2 is 2.00 bits per heavy atom. The lowest BCUT2D eigenvalue weighted by atomic mass is 9.97. The molecule has 4 aromatic rings. The summed E-state index contributed by atoms with van der Waals surface area (Å²) >= 11 is 7.49. The largest absolute Gasteiger partial charge is 0.497 e. The molecule has 1 saturated heterocycles. The molecular weight excluding hydrogens is 470 g/mol. The number of aromatic nitrogens is 3. The summed E-state index contributed by atoms with van der Waals surface area (Å²) in [5.74, 6) is 0.894. The van der Waals surface area contributed by atoms with Crippen molar-refractivity contribution in [1.82, 2.24) is 19.9 Å². The van der Waals surface area contributed by atoms with Gasteiger partial charge < -0.3 is 15.0 Å². The normalized spacial score (nSPS) is 16.1. The number of nitrogens with zero attached hydrogens (tertiary/aromatic N) is 4. The summed E-state index contributed by atoms with van der Waals surface area (Å²) in [6.45, 7) is 2.20. The molecule has 0 saturated carbocycles. The van der Waals surface area contributed by atoms with Gasteiger partial charge in [-0.05, 0) is 61.2 Å². The number of nitrogens with one attached hydrogen (secondary N) is 1. The van der Waals surface area contributed by atoms with E-state index in [0.29, 0.717) is 13.1 Å². The molecule has 2 aromatic heterocycles. The number of halogens is 1. The number of anilines is 1. The maximum absolute atomic E-state index is 12.8. The summed E-state index contributed by atoms with van der Waals surface area (Å²) in [5, 5.41) is 9.48. The third-order valence-corrected chi connectivity index (χ3v) is 7.34. The van der Waals surface area contributed by atoms with Crippen LogP contribution in [-0.4, -0.2) is 47.2 Å². The van der Waals surface area contributed by atoms with Crippen molar-refractivity contribution in [2.45, 2.75) is 19.3 Å². The number of hydrogen-bond acceptors (Lipinski definition) is 6. The van der Waals surface area contributed by atoms with E-state index in [9.17, 15) is 4.79 Å². The second-order valence-electron chi connectivity index (χ2n) is 8.42. The summed E-state index contributed by atoms with van der Waals surface area (Å²) in [7, 11) is 1.66. The lowest BCUT2D eigenvalue weighted by Gasteiger charge is -2.31. The molecule has 3 heterocycles. The summed E-state index contributed by atoms with van der Waals surface area (Å²) in [6, 6.07) is 15.6. The Kier molecular flexibility index (Phi) is 6.69. The predicted octanol–water partition coefficient (Wildman–Crippen LogP) is 4.70. The molecule has 1 fully saturated rings. The van der Waals surface area contributed by atoms with E-state index in [-0.39, 0.29) is 11.8 Å². The van der Waals surface area contributed by atoms with Gasteiger partial charge in [0, 0.05) is 30.2 Å². The van der Waals surface area contributed by atoms with Crippen LogP contribution >= 0.6 is 22.9 Å². The highest BCUT2D eigenvalue weighted by Gasteiger charge is 2.27. The van der Waals surface area contributed by atoms with Gasteiger partial charge in [-0.1, -0.05) is 35.1 Å². The van der Waals surface area contributed by atoms with Gasteiger partial charge in [-0.2, -0.15) is 0 Å². The zero-order valence-corrected chi connectivity index (χ0v) is 20.5. The molecule has 9 heteroatoms. The first kappa shape index (κ1) is 22.7. The van der Waals surface area contributed by atoms with E-state index >= 15 is 0 Å².